The van der Waals surface area contributed by atoms with E-state index in [0.717, 1.165) is 5.39 Å². The van der Waals surface area contributed by atoms with Crippen LogP contribution in [0.5, 0.6) is 0 Å². The number of aromatic nitrogens is 1. The third kappa shape index (κ3) is 4.67. The number of pyridine rings is 1. The summed E-state index contributed by atoms with van der Waals surface area (Å²) in [5, 5.41) is 3.52. The first-order chi connectivity index (χ1) is 15.1. The number of para-hydroxylation sites is 1. The molecule has 0 saturated carbocycles. The zero-order valence-electron chi connectivity index (χ0n) is 16.7. The van der Waals surface area contributed by atoms with E-state index >= 15 is 0 Å². The van der Waals surface area contributed by atoms with Crippen LogP contribution in [0.1, 0.15) is 27.6 Å². The molecule has 0 radical (unpaired) electrons. The van der Waals surface area contributed by atoms with Crippen LogP contribution < -0.4 is 10.9 Å². The first-order valence-electron chi connectivity index (χ1n) is 9.71. The maximum atomic E-state index is 13.0. The molecule has 31 heavy (non-hydrogen) atoms. The van der Waals surface area contributed by atoms with E-state index in [1.165, 1.54) is 0 Å². The van der Waals surface area contributed by atoms with Crippen molar-refractivity contribution in [1.29, 1.82) is 0 Å². The largest absolute Gasteiger partial charge is 0.462 e. The van der Waals surface area contributed by atoms with Gasteiger partial charge < -0.3 is 14.5 Å². The van der Waals surface area contributed by atoms with Crippen molar-refractivity contribution in [2.75, 3.05) is 11.9 Å². The van der Waals surface area contributed by atoms with Gasteiger partial charge in [-0.25, -0.2) is 14.8 Å². The molecular formula is C24H19N3O4. The van der Waals surface area contributed by atoms with E-state index in [9.17, 15) is 9.59 Å². The van der Waals surface area contributed by atoms with Crippen LogP contribution in [-0.4, -0.2) is 23.5 Å². The Morgan fingerprint density at radius 3 is 2.55 bits per heavy atom. The van der Waals surface area contributed by atoms with Crippen molar-refractivity contribution in [3.8, 4) is 0 Å². The van der Waals surface area contributed by atoms with Crippen molar-refractivity contribution in [3.05, 3.63) is 95.7 Å². The van der Waals surface area contributed by atoms with Crippen LogP contribution in [0.3, 0.4) is 0 Å². The Bertz CT molecular complexity index is 1300. The van der Waals surface area contributed by atoms with E-state index in [1.807, 2.05) is 18.2 Å². The summed E-state index contributed by atoms with van der Waals surface area (Å²) in [6.45, 7) is 2.05. The fourth-order valence-electron chi connectivity index (χ4n) is 2.94. The second-order valence-corrected chi connectivity index (χ2v) is 6.55. The van der Waals surface area contributed by atoms with Crippen molar-refractivity contribution in [3.63, 3.8) is 0 Å². The fourth-order valence-corrected chi connectivity index (χ4v) is 2.94. The normalized spacial score (nSPS) is 11.3. The Morgan fingerprint density at radius 2 is 1.81 bits per heavy atom. The molecule has 0 spiro atoms. The molecule has 4 rings (SSSR count). The minimum Gasteiger partial charge on any atom is -0.462 e. The monoisotopic (exact) mass is 413 g/mol. The number of hydrogen-bond donors (Lipinski definition) is 1. The zero-order valence-corrected chi connectivity index (χ0v) is 16.7. The molecule has 0 aliphatic rings. The van der Waals surface area contributed by atoms with Crippen molar-refractivity contribution in [2.24, 2.45) is 4.99 Å². The second kappa shape index (κ2) is 9.04. The number of nitrogens with zero attached hydrogens (tertiary/aromatic N) is 2. The number of hydrogen-bond acceptors (Lipinski definition) is 6. The van der Waals surface area contributed by atoms with Crippen LogP contribution in [0.15, 0.2) is 88.4 Å². The summed E-state index contributed by atoms with van der Waals surface area (Å²) >= 11 is 0. The number of fused-ring (bicyclic) bond motifs is 1. The topological polar surface area (TPSA) is 93.8 Å². The van der Waals surface area contributed by atoms with Gasteiger partial charge in [0.25, 0.3) is 5.91 Å². The summed E-state index contributed by atoms with van der Waals surface area (Å²) in [6, 6.07) is 20.9. The van der Waals surface area contributed by atoms with E-state index < -0.39 is 11.9 Å². The first kappa shape index (κ1) is 20.0. The van der Waals surface area contributed by atoms with Gasteiger partial charge in [-0.2, -0.15) is 0 Å². The van der Waals surface area contributed by atoms with Crippen molar-refractivity contribution in [2.45, 2.75) is 6.92 Å². The highest BCUT2D eigenvalue weighted by molar-refractivity contribution is 6.04. The molecule has 0 bridgehead atoms. The lowest BCUT2D eigenvalue weighted by molar-refractivity contribution is 0.0526. The van der Waals surface area contributed by atoms with Gasteiger partial charge in [-0.05, 0) is 55.5 Å². The van der Waals surface area contributed by atoms with E-state index in [2.05, 4.69) is 15.3 Å². The third-order valence-corrected chi connectivity index (χ3v) is 4.42. The molecule has 1 N–H and O–H groups in total. The number of anilines is 1. The molecule has 0 aliphatic heterocycles. The van der Waals surface area contributed by atoms with Gasteiger partial charge in [0.2, 0.25) is 5.55 Å². The molecule has 0 unspecified atom stereocenters. The Kier molecular flexibility index (Phi) is 5.84. The molecule has 0 aliphatic carbocycles. The summed E-state index contributed by atoms with van der Waals surface area (Å²) in [4.78, 5) is 33.4. The first-order valence-corrected chi connectivity index (χ1v) is 9.71. The molecule has 0 fully saturated rings. The van der Waals surface area contributed by atoms with Crippen molar-refractivity contribution < 1.29 is 18.7 Å². The van der Waals surface area contributed by atoms with Crippen LogP contribution in [0, 0.1) is 0 Å². The molecule has 4 aromatic rings. The zero-order chi connectivity index (χ0) is 21.6. The van der Waals surface area contributed by atoms with Gasteiger partial charge in [0, 0.05) is 11.6 Å². The Morgan fingerprint density at radius 1 is 1.03 bits per heavy atom. The van der Waals surface area contributed by atoms with E-state index in [0.29, 0.717) is 29.3 Å². The number of benzene rings is 2. The van der Waals surface area contributed by atoms with Crippen molar-refractivity contribution >= 4 is 34.4 Å². The lowest BCUT2D eigenvalue weighted by Crippen LogP contribution is -2.22. The summed E-state index contributed by atoms with van der Waals surface area (Å²) in [6.07, 6.45) is 1.59. The predicted octanol–water partition coefficient (Wildman–Crippen LogP) is 4.49. The third-order valence-electron chi connectivity index (χ3n) is 4.42. The number of carbonyl (C=O) groups excluding carboxylic acids is 2. The van der Waals surface area contributed by atoms with Crippen LogP contribution in [0.4, 0.5) is 11.5 Å². The van der Waals surface area contributed by atoms with E-state index in [-0.39, 0.29) is 11.1 Å². The quantitative estimate of drug-likeness (QED) is 0.487. The molecular weight excluding hydrogens is 394 g/mol. The number of amides is 1. The van der Waals surface area contributed by atoms with Crippen LogP contribution in [0.2, 0.25) is 0 Å². The summed E-state index contributed by atoms with van der Waals surface area (Å²) in [5.74, 6) is -0.375. The minimum atomic E-state index is -0.403. The molecule has 1 amide bonds. The fraction of sp³-hybridized carbons (Fsp3) is 0.0833. The van der Waals surface area contributed by atoms with Gasteiger partial charge in [-0.1, -0.05) is 24.3 Å². The summed E-state index contributed by atoms with van der Waals surface area (Å²) < 4.78 is 10.9. The standard InChI is InChI=1S/C24H19N3O4/c1-2-30-24(29)16-10-12-18(13-11-16)26-23-19(15-17-7-3-4-8-20(17)31-23)22(28)27-21-9-5-6-14-25-21/h3-15H,2H2,1H3,(H,25,27,28). The van der Waals surface area contributed by atoms with Crippen LogP contribution in [-0.2, 0) is 4.74 Å². The number of carbonyl (C=O) groups is 2. The number of nitrogens with one attached hydrogen (secondary N) is 1. The molecule has 0 saturated heterocycles. The van der Waals surface area contributed by atoms with Crippen LogP contribution >= 0.6 is 0 Å². The smallest absolute Gasteiger partial charge is 0.338 e. The lowest BCUT2D eigenvalue weighted by Gasteiger charge is -2.06. The molecule has 2 aromatic carbocycles. The predicted molar refractivity (Wildman–Crippen MR) is 116 cm³/mol. The number of rotatable bonds is 5. The van der Waals surface area contributed by atoms with Crippen molar-refractivity contribution in [1.82, 2.24) is 4.98 Å². The van der Waals surface area contributed by atoms with Gasteiger partial charge in [0.1, 0.15) is 17.0 Å². The highest BCUT2D eigenvalue weighted by atomic mass is 16.5. The second-order valence-electron chi connectivity index (χ2n) is 6.55. The highest BCUT2D eigenvalue weighted by Gasteiger charge is 2.14. The SMILES string of the molecule is CCOC(=O)c1ccc(N=c2oc3ccccc3cc2C(=O)Nc2ccccn2)cc1. The Balaban J connectivity index is 1.76. The van der Waals surface area contributed by atoms with Gasteiger partial charge in [0.05, 0.1) is 17.9 Å². The molecule has 7 heteroatoms. The summed E-state index contributed by atoms with van der Waals surface area (Å²) in [5.41, 5.74) is 1.96. The Labute approximate surface area is 178 Å². The lowest BCUT2D eigenvalue weighted by atomic mass is 10.1. The van der Waals surface area contributed by atoms with Gasteiger partial charge in [-0.15, -0.1) is 0 Å². The summed E-state index contributed by atoms with van der Waals surface area (Å²) in [7, 11) is 0. The van der Waals surface area contributed by atoms with Crippen LogP contribution in [0.25, 0.3) is 11.0 Å². The molecule has 2 aromatic heterocycles. The van der Waals surface area contributed by atoms with E-state index in [1.54, 1.807) is 67.7 Å². The average molecular weight is 413 g/mol. The van der Waals surface area contributed by atoms with E-state index in [4.69, 9.17) is 9.15 Å². The maximum Gasteiger partial charge on any atom is 0.338 e. The van der Waals surface area contributed by atoms with Gasteiger partial charge in [-0.3, -0.25) is 4.79 Å². The maximum absolute atomic E-state index is 13.0. The molecule has 2 heterocycles. The highest BCUT2D eigenvalue weighted by Crippen LogP contribution is 2.17. The molecule has 7 nitrogen and oxygen atoms in total. The number of ether oxygens (including phenoxy) is 1. The average Bonchev–Trinajstić information content (AvgIpc) is 2.80. The Hall–Kier alpha value is -4.26. The van der Waals surface area contributed by atoms with Gasteiger partial charge in [0.15, 0.2) is 0 Å². The van der Waals surface area contributed by atoms with Gasteiger partial charge >= 0.3 is 5.97 Å². The minimum absolute atomic E-state index is 0.149. The molecule has 0 atom stereocenters. The number of esters is 1. The molecule has 154 valence electrons.